The molecule has 122 valence electrons. The Morgan fingerprint density at radius 1 is 1.41 bits per heavy atom. The van der Waals surface area contributed by atoms with Crippen LogP contribution >= 0.6 is 0 Å². The lowest BCUT2D eigenvalue weighted by Gasteiger charge is -2.18. The van der Waals surface area contributed by atoms with E-state index in [0.29, 0.717) is 18.9 Å². The molecule has 0 spiro atoms. The van der Waals surface area contributed by atoms with E-state index in [-0.39, 0.29) is 24.8 Å². The first kappa shape index (κ1) is 16.8. The van der Waals surface area contributed by atoms with Gasteiger partial charge in [0.2, 0.25) is 0 Å². The average molecular weight is 306 g/mol. The zero-order chi connectivity index (χ0) is 15.9. The highest BCUT2D eigenvalue weighted by Gasteiger charge is 2.31. The molecule has 5 heteroatoms. The van der Waals surface area contributed by atoms with Gasteiger partial charge in [-0.2, -0.15) is 0 Å². The van der Waals surface area contributed by atoms with Crippen molar-refractivity contribution in [3.05, 3.63) is 29.8 Å². The fourth-order valence-electron chi connectivity index (χ4n) is 2.40. The first-order chi connectivity index (χ1) is 10.6. The van der Waals surface area contributed by atoms with E-state index in [4.69, 9.17) is 9.84 Å². The molecule has 0 aliphatic heterocycles. The second-order valence-corrected chi connectivity index (χ2v) is 6.11. The molecule has 0 bridgehead atoms. The largest absolute Gasteiger partial charge is 0.396 e. The summed E-state index contributed by atoms with van der Waals surface area (Å²) in [4.78, 5) is 12.1. The summed E-state index contributed by atoms with van der Waals surface area (Å²) in [5, 5.41) is 14.9. The Hall–Kier alpha value is -1.59. The molecule has 1 aromatic carbocycles. The molecule has 0 saturated heterocycles. The van der Waals surface area contributed by atoms with E-state index in [9.17, 15) is 4.79 Å². The summed E-state index contributed by atoms with van der Waals surface area (Å²) >= 11 is 0. The van der Waals surface area contributed by atoms with E-state index in [1.165, 1.54) is 0 Å². The van der Waals surface area contributed by atoms with Gasteiger partial charge in [0.05, 0.1) is 12.7 Å². The van der Waals surface area contributed by atoms with Crippen LogP contribution in [0.15, 0.2) is 24.3 Å². The quantitative estimate of drug-likeness (QED) is 0.691. The predicted molar refractivity (Wildman–Crippen MR) is 86.7 cm³/mol. The lowest BCUT2D eigenvalue weighted by atomic mass is 10.1. The van der Waals surface area contributed by atoms with Gasteiger partial charge in [-0.15, -0.1) is 0 Å². The van der Waals surface area contributed by atoms with Crippen LogP contribution in [-0.2, 0) is 11.3 Å². The van der Waals surface area contributed by atoms with Crippen molar-refractivity contribution in [3.63, 3.8) is 0 Å². The van der Waals surface area contributed by atoms with Crippen molar-refractivity contribution in [2.45, 2.75) is 51.9 Å². The highest BCUT2D eigenvalue weighted by Crippen LogP contribution is 2.33. The number of carbonyl (C=O) groups excluding carboxylic acids is 1. The Morgan fingerprint density at radius 3 is 2.82 bits per heavy atom. The van der Waals surface area contributed by atoms with E-state index in [2.05, 4.69) is 10.6 Å². The number of hydrogen-bond donors (Lipinski definition) is 3. The molecule has 5 nitrogen and oxygen atoms in total. The number of carbonyl (C=O) groups is 1. The molecule has 1 aliphatic rings. The van der Waals surface area contributed by atoms with Crippen molar-refractivity contribution in [3.8, 4) is 0 Å². The average Bonchev–Trinajstić information content (AvgIpc) is 3.29. The van der Waals surface area contributed by atoms with Gasteiger partial charge < -0.3 is 20.5 Å². The molecule has 3 N–H and O–H groups in total. The third-order valence-electron chi connectivity index (χ3n) is 3.72. The second-order valence-electron chi connectivity index (χ2n) is 6.11. The molecule has 22 heavy (non-hydrogen) atoms. The summed E-state index contributed by atoms with van der Waals surface area (Å²) in [5.41, 5.74) is 1.78. The SMILES string of the molecule is CC(C)OCc1cccc(NC(=O)N[C@@H](CCO)C2CC2)c1. The molecular formula is C17H26N2O3. The predicted octanol–water partition coefficient (Wildman–Crippen LogP) is 2.89. The zero-order valence-electron chi connectivity index (χ0n) is 13.3. The van der Waals surface area contributed by atoms with Crippen LogP contribution < -0.4 is 10.6 Å². The van der Waals surface area contributed by atoms with Gasteiger partial charge in [-0.05, 0) is 56.7 Å². The van der Waals surface area contributed by atoms with Crippen LogP contribution in [0.1, 0.15) is 38.7 Å². The van der Waals surface area contributed by atoms with Crippen molar-refractivity contribution in [1.29, 1.82) is 0 Å². The maximum Gasteiger partial charge on any atom is 0.319 e. The molecule has 2 rings (SSSR count). The molecule has 0 heterocycles. The fourth-order valence-corrected chi connectivity index (χ4v) is 2.40. The summed E-state index contributed by atoms with van der Waals surface area (Å²) in [6, 6.07) is 7.51. The number of nitrogens with one attached hydrogen (secondary N) is 2. The highest BCUT2D eigenvalue weighted by atomic mass is 16.5. The fraction of sp³-hybridized carbons (Fsp3) is 0.588. The smallest absolute Gasteiger partial charge is 0.319 e. The van der Waals surface area contributed by atoms with Gasteiger partial charge in [0.15, 0.2) is 0 Å². The van der Waals surface area contributed by atoms with Gasteiger partial charge in [0.1, 0.15) is 0 Å². The Balaban J connectivity index is 1.86. The molecule has 2 amide bonds. The van der Waals surface area contributed by atoms with Gasteiger partial charge >= 0.3 is 6.03 Å². The van der Waals surface area contributed by atoms with E-state index < -0.39 is 0 Å². The van der Waals surface area contributed by atoms with E-state index >= 15 is 0 Å². The first-order valence-corrected chi connectivity index (χ1v) is 7.97. The second kappa shape index (κ2) is 8.15. The number of amides is 2. The van der Waals surface area contributed by atoms with Crippen molar-refractivity contribution < 1.29 is 14.6 Å². The number of hydrogen-bond acceptors (Lipinski definition) is 3. The van der Waals surface area contributed by atoms with Crippen LogP contribution in [-0.4, -0.2) is 29.9 Å². The molecule has 1 aliphatic carbocycles. The first-order valence-electron chi connectivity index (χ1n) is 7.97. The molecule has 1 atom stereocenters. The summed E-state index contributed by atoms with van der Waals surface area (Å²) in [6.07, 6.45) is 3.05. The van der Waals surface area contributed by atoms with Crippen molar-refractivity contribution in [2.24, 2.45) is 5.92 Å². The minimum atomic E-state index is -0.215. The van der Waals surface area contributed by atoms with Gasteiger partial charge in [-0.25, -0.2) is 4.79 Å². The monoisotopic (exact) mass is 306 g/mol. The van der Waals surface area contributed by atoms with Crippen molar-refractivity contribution in [2.75, 3.05) is 11.9 Å². The third kappa shape index (κ3) is 5.66. The normalized spacial score (nSPS) is 15.6. The molecule has 0 aromatic heterocycles. The summed E-state index contributed by atoms with van der Waals surface area (Å²) in [7, 11) is 0. The standard InChI is InChI=1S/C17H26N2O3/c1-12(2)22-11-13-4-3-5-15(10-13)18-17(21)19-16(8-9-20)14-6-7-14/h3-5,10,12,14,16,20H,6-9,11H2,1-2H3,(H2,18,19,21)/t16-/m0/s1. The Morgan fingerprint density at radius 2 is 2.18 bits per heavy atom. The number of aliphatic hydroxyl groups excluding tert-OH is 1. The molecule has 1 saturated carbocycles. The topological polar surface area (TPSA) is 70.6 Å². The van der Waals surface area contributed by atoms with Crippen LogP contribution in [0.4, 0.5) is 10.5 Å². The molecular weight excluding hydrogens is 280 g/mol. The minimum absolute atomic E-state index is 0.0671. The zero-order valence-corrected chi connectivity index (χ0v) is 13.3. The molecule has 1 aromatic rings. The number of aliphatic hydroxyl groups is 1. The Labute approximate surface area is 132 Å². The molecule has 1 fully saturated rings. The minimum Gasteiger partial charge on any atom is -0.396 e. The van der Waals surface area contributed by atoms with Crippen molar-refractivity contribution >= 4 is 11.7 Å². The maximum absolute atomic E-state index is 12.1. The van der Waals surface area contributed by atoms with E-state index in [0.717, 1.165) is 24.1 Å². The number of benzene rings is 1. The van der Waals surface area contributed by atoms with Crippen LogP contribution in [0, 0.1) is 5.92 Å². The van der Waals surface area contributed by atoms with Gasteiger partial charge in [-0.1, -0.05) is 12.1 Å². The molecule has 0 unspecified atom stereocenters. The maximum atomic E-state index is 12.1. The van der Waals surface area contributed by atoms with E-state index in [1.807, 2.05) is 38.1 Å². The van der Waals surface area contributed by atoms with Crippen LogP contribution in [0.25, 0.3) is 0 Å². The lowest BCUT2D eigenvalue weighted by Crippen LogP contribution is -2.39. The highest BCUT2D eigenvalue weighted by molar-refractivity contribution is 5.89. The summed E-state index contributed by atoms with van der Waals surface area (Å²) in [5.74, 6) is 0.517. The van der Waals surface area contributed by atoms with Crippen LogP contribution in [0.5, 0.6) is 0 Å². The van der Waals surface area contributed by atoms with Gasteiger partial charge in [-0.3, -0.25) is 0 Å². The number of rotatable bonds is 8. The van der Waals surface area contributed by atoms with Crippen molar-refractivity contribution in [1.82, 2.24) is 5.32 Å². The van der Waals surface area contributed by atoms with Crippen LogP contribution in [0.3, 0.4) is 0 Å². The lowest BCUT2D eigenvalue weighted by molar-refractivity contribution is 0.0657. The Bertz CT molecular complexity index is 487. The van der Waals surface area contributed by atoms with Gasteiger partial charge in [0, 0.05) is 18.3 Å². The van der Waals surface area contributed by atoms with E-state index in [1.54, 1.807) is 0 Å². The van der Waals surface area contributed by atoms with Gasteiger partial charge in [0.25, 0.3) is 0 Å². The summed E-state index contributed by atoms with van der Waals surface area (Å²) in [6.45, 7) is 4.62. The summed E-state index contributed by atoms with van der Waals surface area (Å²) < 4.78 is 5.57. The molecule has 0 radical (unpaired) electrons. The van der Waals surface area contributed by atoms with Crippen LogP contribution in [0.2, 0.25) is 0 Å². The number of urea groups is 1. The Kier molecular flexibility index (Phi) is 6.21. The number of anilines is 1. The third-order valence-corrected chi connectivity index (χ3v) is 3.72. The number of ether oxygens (including phenoxy) is 1.